The van der Waals surface area contributed by atoms with E-state index in [9.17, 15) is 4.39 Å². The Labute approximate surface area is 170 Å². The summed E-state index contributed by atoms with van der Waals surface area (Å²) in [4.78, 5) is 2.45. The molecule has 1 fully saturated rings. The Morgan fingerprint density at radius 3 is 2.48 bits per heavy atom. The lowest BCUT2D eigenvalue weighted by Crippen LogP contribution is -2.41. The maximum Gasteiger partial charge on any atom is 0.110 e. The van der Waals surface area contributed by atoms with Crippen LogP contribution in [0.3, 0.4) is 0 Å². The molecule has 0 spiro atoms. The van der Waals surface area contributed by atoms with E-state index in [4.69, 9.17) is 23.2 Å². The van der Waals surface area contributed by atoms with Crippen molar-refractivity contribution in [2.45, 2.75) is 44.3 Å². The molecule has 4 heteroatoms. The van der Waals surface area contributed by atoms with Crippen molar-refractivity contribution in [2.24, 2.45) is 0 Å². The number of rotatable bonds is 1. The molecule has 2 aromatic rings. The summed E-state index contributed by atoms with van der Waals surface area (Å²) in [6.45, 7) is 3.40. The largest absolute Gasteiger partial charge is 0.296 e. The highest BCUT2D eigenvalue weighted by atomic mass is 35.5. The molecule has 1 aliphatic carbocycles. The van der Waals surface area contributed by atoms with Gasteiger partial charge in [-0.2, -0.15) is 0 Å². The standard InChI is InChI=1S/C23H22Cl2FN/c1-23(26)11-13-27(14-12-23)22-10-7-17-15-16(5-8-18(17)22)6-9-19-20(24)3-2-4-21(19)25/h2-5,8,15,22H,7,10-14H2,1H3. The lowest BCUT2D eigenvalue weighted by Gasteiger charge is -2.38. The zero-order valence-electron chi connectivity index (χ0n) is 15.4. The first kappa shape index (κ1) is 18.8. The third-order valence-corrected chi connectivity index (χ3v) is 6.39. The minimum atomic E-state index is -1.00. The summed E-state index contributed by atoms with van der Waals surface area (Å²) < 4.78 is 14.1. The van der Waals surface area contributed by atoms with Crippen LogP contribution in [0.15, 0.2) is 36.4 Å². The molecule has 27 heavy (non-hydrogen) atoms. The molecule has 1 nitrogen and oxygen atoms in total. The molecule has 0 saturated carbocycles. The molecule has 0 amide bonds. The lowest BCUT2D eigenvalue weighted by atomic mass is 9.93. The summed E-state index contributed by atoms with van der Waals surface area (Å²) in [6.07, 6.45) is 3.40. The number of piperidine rings is 1. The average molecular weight is 402 g/mol. The second-order valence-corrected chi connectivity index (χ2v) is 8.58. The van der Waals surface area contributed by atoms with E-state index in [0.29, 0.717) is 34.5 Å². The van der Waals surface area contributed by atoms with Crippen LogP contribution in [0, 0.1) is 11.8 Å². The SMILES string of the molecule is CC1(F)CCN(C2CCc3cc(C#Cc4c(Cl)cccc4Cl)ccc32)CC1. The van der Waals surface area contributed by atoms with E-state index in [0.717, 1.165) is 31.5 Å². The van der Waals surface area contributed by atoms with E-state index in [-0.39, 0.29) is 0 Å². The third-order valence-electron chi connectivity index (χ3n) is 5.77. The van der Waals surface area contributed by atoms with Crippen molar-refractivity contribution in [1.82, 2.24) is 4.90 Å². The smallest absolute Gasteiger partial charge is 0.110 e. The normalized spacial score (nSPS) is 21.4. The summed E-state index contributed by atoms with van der Waals surface area (Å²) >= 11 is 12.4. The number of aryl methyl sites for hydroxylation is 1. The van der Waals surface area contributed by atoms with E-state index in [1.807, 2.05) is 6.07 Å². The van der Waals surface area contributed by atoms with E-state index in [1.165, 1.54) is 11.1 Å². The van der Waals surface area contributed by atoms with Gasteiger partial charge in [0.15, 0.2) is 0 Å². The Balaban J connectivity index is 1.54. The number of benzene rings is 2. The fourth-order valence-corrected chi connectivity index (χ4v) is 4.60. The molecule has 2 aliphatic rings. The minimum absolute atomic E-state index is 0.413. The average Bonchev–Trinajstić information content (AvgIpc) is 3.04. The van der Waals surface area contributed by atoms with Crippen molar-refractivity contribution < 1.29 is 4.39 Å². The molecule has 1 saturated heterocycles. The molecular formula is C23H22Cl2FN. The highest BCUT2D eigenvalue weighted by Gasteiger charge is 2.35. The molecule has 2 aromatic carbocycles. The molecule has 1 aliphatic heterocycles. The summed E-state index contributed by atoms with van der Waals surface area (Å²) in [5.74, 6) is 6.30. The number of alkyl halides is 1. The van der Waals surface area contributed by atoms with Gasteiger partial charge in [-0.25, -0.2) is 4.39 Å². The van der Waals surface area contributed by atoms with Crippen molar-refractivity contribution in [3.8, 4) is 11.8 Å². The van der Waals surface area contributed by atoms with Gasteiger partial charge in [-0.3, -0.25) is 4.90 Å². The van der Waals surface area contributed by atoms with Crippen LogP contribution in [0.25, 0.3) is 0 Å². The number of fused-ring (bicyclic) bond motifs is 1. The van der Waals surface area contributed by atoms with E-state index < -0.39 is 5.67 Å². The van der Waals surface area contributed by atoms with Crippen LogP contribution in [-0.4, -0.2) is 23.7 Å². The predicted molar refractivity (Wildman–Crippen MR) is 110 cm³/mol. The fourth-order valence-electron chi connectivity index (χ4n) is 4.11. The predicted octanol–water partition coefficient (Wildman–Crippen LogP) is 6.20. The number of likely N-dealkylation sites (tertiary alicyclic amines) is 1. The van der Waals surface area contributed by atoms with E-state index in [2.05, 4.69) is 34.9 Å². The summed E-state index contributed by atoms with van der Waals surface area (Å²) in [5, 5.41) is 1.14. The number of hydrogen-bond acceptors (Lipinski definition) is 1. The monoisotopic (exact) mass is 401 g/mol. The molecule has 1 atom stereocenters. The van der Waals surface area contributed by atoms with Crippen LogP contribution < -0.4 is 0 Å². The van der Waals surface area contributed by atoms with E-state index >= 15 is 0 Å². The molecule has 140 valence electrons. The molecule has 0 aromatic heterocycles. The van der Waals surface area contributed by atoms with Gasteiger partial charge in [0.2, 0.25) is 0 Å². The quantitative estimate of drug-likeness (QED) is 0.513. The van der Waals surface area contributed by atoms with Gasteiger partial charge in [-0.05, 0) is 68.0 Å². The molecule has 1 heterocycles. The van der Waals surface area contributed by atoms with Gasteiger partial charge in [0.25, 0.3) is 0 Å². The lowest BCUT2D eigenvalue weighted by molar-refractivity contribution is 0.0510. The van der Waals surface area contributed by atoms with Gasteiger partial charge >= 0.3 is 0 Å². The van der Waals surface area contributed by atoms with Gasteiger partial charge in [0, 0.05) is 24.7 Å². The Kier molecular flexibility index (Phi) is 5.21. The maximum absolute atomic E-state index is 14.1. The number of nitrogens with zero attached hydrogens (tertiary/aromatic N) is 1. The molecule has 1 unspecified atom stereocenters. The van der Waals surface area contributed by atoms with Crippen molar-refractivity contribution >= 4 is 23.2 Å². The Morgan fingerprint density at radius 2 is 1.78 bits per heavy atom. The van der Waals surface area contributed by atoms with Crippen molar-refractivity contribution in [3.05, 3.63) is 68.7 Å². The van der Waals surface area contributed by atoms with Crippen molar-refractivity contribution in [2.75, 3.05) is 13.1 Å². The fraction of sp³-hybridized carbons (Fsp3) is 0.391. The van der Waals surface area contributed by atoms with Gasteiger partial charge in [0.1, 0.15) is 5.67 Å². The second-order valence-electron chi connectivity index (χ2n) is 7.76. The maximum atomic E-state index is 14.1. The topological polar surface area (TPSA) is 3.24 Å². The molecule has 4 rings (SSSR count). The Bertz CT molecular complexity index is 895. The Morgan fingerprint density at radius 1 is 1.07 bits per heavy atom. The number of halogens is 3. The second kappa shape index (κ2) is 7.47. The third kappa shape index (κ3) is 4.02. The van der Waals surface area contributed by atoms with Crippen LogP contribution >= 0.6 is 23.2 Å². The van der Waals surface area contributed by atoms with Crippen LogP contribution in [-0.2, 0) is 6.42 Å². The van der Waals surface area contributed by atoms with Crippen molar-refractivity contribution in [1.29, 1.82) is 0 Å². The molecular weight excluding hydrogens is 380 g/mol. The minimum Gasteiger partial charge on any atom is -0.296 e. The van der Waals surface area contributed by atoms with Gasteiger partial charge in [-0.15, -0.1) is 0 Å². The highest BCUT2D eigenvalue weighted by Crippen LogP contribution is 2.39. The molecule has 0 N–H and O–H groups in total. The van der Waals surface area contributed by atoms with Crippen LogP contribution in [0.2, 0.25) is 10.0 Å². The zero-order chi connectivity index (χ0) is 19.0. The first-order valence-corrected chi connectivity index (χ1v) is 10.2. The van der Waals surface area contributed by atoms with Gasteiger partial charge < -0.3 is 0 Å². The first-order valence-electron chi connectivity index (χ1n) is 9.45. The van der Waals surface area contributed by atoms with Gasteiger partial charge in [-0.1, -0.05) is 47.2 Å². The number of hydrogen-bond donors (Lipinski definition) is 0. The molecule has 0 bridgehead atoms. The van der Waals surface area contributed by atoms with Crippen LogP contribution in [0.1, 0.15) is 54.5 Å². The van der Waals surface area contributed by atoms with Crippen molar-refractivity contribution in [3.63, 3.8) is 0 Å². The summed E-state index contributed by atoms with van der Waals surface area (Å²) in [6, 6.07) is 12.3. The van der Waals surface area contributed by atoms with E-state index in [1.54, 1.807) is 19.1 Å². The van der Waals surface area contributed by atoms with Gasteiger partial charge in [0.05, 0.1) is 15.6 Å². The summed E-state index contributed by atoms with van der Waals surface area (Å²) in [7, 11) is 0. The highest BCUT2D eigenvalue weighted by molar-refractivity contribution is 6.36. The zero-order valence-corrected chi connectivity index (χ0v) is 16.9. The van der Waals surface area contributed by atoms with Crippen LogP contribution in [0.4, 0.5) is 4.39 Å². The Hall–Kier alpha value is -1.53. The van der Waals surface area contributed by atoms with Crippen LogP contribution in [0.5, 0.6) is 0 Å². The molecule has 0 radical (unpaired) electrons. The first-order chi connectivity index (χ1) is 12.9. The summed E-state index contributed by atoms with van der Waals surface area (Å²) in [5.41, 5.74) is 3.36.